The van der Waals surface area contributed by atoms with E-state index in [0.717, 1.165) is 5.82 Å². The molecule has 0 unspecified atom stereocenters. The van der Waals surface area contributed by atoms with Crippen molar-refractivity contribution < 1.29 is 9.84 Å². The lowest BCUT2D eigenvalue weighted by atomic mass is 10.2. The lowest BCUT2D eigenvalue weighted by Gasteiger charge is -2.06. The molecule has 2 aromatic rings. The second-order valence-electron chi connectivity index (χ2n) is 3.91. The van der Waals surface area contributed by atoms with Crippen LogP contribution in [0, 0.1) is 4.77 Å². The number of aryl methyl sites for hydroxylation is 1. The van der Waals surface area contributed by atoms with Crippen LogP contribution < -0.4 is 4.74 Å². The van der Waals surface area contributed by atoms with Gasteiger partial charge in [-0.2, -0.15) is 14.9 Å². The minimum Gasteiger partial charge on any atom is -0.503 e. The Hall–Kier alpha value is -1.86. The minimum absolute atomic E-state index is 0.0968. The van der Waals surface area contributed by atoms with Gasteiger partial charge in [-0.1, -0.05) is 18.5 Å². The van der Waals surface area contributed by atoms with Gasteiger partial charge in [-0.05, 0) is 29.9 Å². The van der Waals surface area contributed by atoms with E-state index < -0.39 is 0 Å². The molecule has 0 fully saturated rings. The maximum Gasteiger partial charge on any atom is 0.216 e. The summed E-state index contributed by atoms with van der Waals surface area (Å²) in [4.78, 5) is 0. The topological polar surface area (TPSA) is 75.4 Å². The number of nitrogens with zero attached hydrogens (tertiary/aromatic N) is 3. The van der Waals surface area contributed by atoms with Gasteiger partial charge in [-0.15, -0.1) is 0 Å². The van der Waals surface area contributed by atoms with E-state index in [1.165, 1.54) is 11.8 Å². The third-order valence-electron chi connectivity index (χ3n) is 2.63. The first kappa shape index (κ1) is 14.5. The third-order valence-corrected chi connectivity index (χ3v) is 3.18. The predicted octanol–water partition coefficient (Wildman–Crippen LogP) is 2.75. The molecule has 0 saturated carbocycles. The number of phenols is 1. The molecule has 106 valence electrons. The van der Waals surface area contributed by atoms with Gasteiger partial charge in [0.25, 0.3) is 0 Å². The molecule has 1 heterocycles. The predicted molar refractivity (Wildman–Crippen MR) is 79.5 cm³/mol. The van der Waals surface area contributed by atoms with Crippen molar-refractivity contribution in [3.8, 4) is 11.5 Å². The standard InChI is InChI=1S/C12H13ClN4O2S/c1-3-10-15-16-12(20)17(10)14-6-7-4-8(13)11(18)9(5-7)19-2/h4-6,18H,3H2,1-2H3,(H,16,20)/b14-6+. The van der Waals surface area contributed by atoms with Crippen molar-refractivity contribution in [2.75, 3.05) is 7.11 Å². The zero-order valence-corrected chi connectivity index (χ0v) is 12.5. The van der Waals surface area contributed by atoms with Gasteiger partial charge in [0.1, 0.15) is 0 Å². The lowest BCUT2D eigenvalue weighted by molar-refractivity contribution is 0.373. The minimum atomic E-state index is -0.0968. The molecule has 1 aromatic heterocycles. The molecule has 20 heavy (non-hydrogen) atoms. The third kappa shape index (κ3) is 2.83. The van der Waals surface area contributed by atoms with E-state index in [1.54, 1.807) is 18.3 Å². The SMILES string of the molecule is CCc1n[nH]c(=S)n1/N=C/c1cc(Cl)c(O)c(OC)c1. The summed E-state index contributed by atoms with van der Waals surface area (Å²) in [6.07, 6.45) is 2.27. The quantitative estimate of drug-likeness (QED) is 0.672. The highest BCUT2D eigenvalue weighted by molar-refractivity contribution is 7.71. The molecule has 0 spiro atoms. The number of nitrogens with one attached hydrogen (secondary N) is 1. The number of aromatic nitrogens is 3. The molecule has 0 radical (unpaired) electrons. The summed E-state index contributed by atoms with van der Waals surface area (Å²) >= 11 is 11.0. The number of hydrogen-bond donors (Lipinski definition) is 2. The van der Waals surface area contributed by atoms with E-state index in [0.29, 0.717) is 16.8 Å². The number of H-pyrrole nitrogens is 1. The van der Waals surface area contributed by atoms with Gasteiger partial charge in [0, 0.05) is 6.42 Å². The fourth-order valence-electron chi connectivity index (χ4n) is 1.62. The van der Waals surface area contributed by atoms with Crippen LogP contribution in [-0.2, 0) is 6.42 Å². The van der Waals surface area contributed by atoms with Crippen molar-refractivity contribution in [1.29, 1.82) is 0 Å². The van der Waals surface area contributed by atoms with Crippen LogP contribution in [0.3, 0.4) is 0 Å². The van der Waals surface area contributed by atoms with Crippen LogP contribution >= 0.6 is 23.8 Å². The number of benzene rings is 1. The van der Waals surface area contributed by atoms with Crippen molar-refractivity contribution in [2.45, 2.75) is 13.3 Å². The van der Waals surface area contributed by atoms with Gasteiger partial charge < -0.3 is 9.84 Å². The highest BCUT2D eigenvalue weighted by atomic mass is 35.5. The first-order chi connectivity index (χ1) is 9.56. The maximum atomic E-state index is 9.66. The molecule has 0 aliphatic carbocycles. The molecular formula is C12H13ClN4O2S. The van der Waals surface area contributed by atoms with E-state index >= 15 is 0 Å². The zero-order chi connectivity index (χ0) is 14.7. The smallest absolute Gasteiger partial charge is 0.216 e. The monoisotopic (exact) mass is 312 g/mol. The Labute approximate surface area is 125 Å². The van der Waals surface area contributed by atoms with Gasteiger partial charge in [0.15, 0.2) is 17.3 Å². The molecular weight excluding hydrogens is 300 g/mol. The lowest BCUT2D eigenvalue weighted by Crippen LogP contribution is -1.97. The Bertz CT molecular complexity index is 708. The summed E-state index contributed by atoms with van der Waals surface area (Å²) in [7, 11) is 1.45. The molecule has 0 saturated heterocycles. The van der Waals surface area contributed by atoms with Crippen LogP contribution in [0.15, 0.2) is 17.2 Å². The molecule has 0 aliphatic heterocycles. The van der Waals surface area contributed by atoms with E-state index in [1.807, 2.05) is 6.92 Å². The van der Waals surface area contributed by atoms with Crippen LogP contribution in [0.2, 0.25) is 5.02 Å². The number of phenolic OH excluding ortho intramolecular Hbond substituents is 1. The van der Waals surface area contributed by atoms with Gasteiger partial charge in [0.2, 0.25) is 4.77 Å². The van der Waals surface area contributed by atoms with Crippen LogP contribution in [0.5, 0.6) is 11.5 Å². The molecule has 0 bridgehead atoms. The number of aromatic hydroxyl groups is 1. The van der Waals surface area contributed by atoms with Gasteiger partial charge >= 0.3 is 0 Å². The van der Waals surface area contributed by atoms with Crippen LogP contribution in [0.4, 0.5) is 0 Å². The molecule has 1 aromatic carbocycles. The number of rotatable bonds is 4. The summed E-state index contributed by atoms with van der Waals surface area (Å²) in [6.45, 7) is 1.96. The van der Waals surface area contributed by atoms with Crippen LogP contribution in [0.25, 0.3) is 0 Å². The van der Waals surface area contributed by atoms with Crippen molar-refractivity contribution in [1.82, 2.24) is 14.9 Å². The highest BCUT2D eigenvalue weighted by Crippen LogP contribution is 2.34. The summed E-state index contributed by atoms with van der Waals surface area (Å²) in [6, 6.07) is 3.21. The fraction of sp³-hybridized carbons (Fsp3) is 0.250. The first-order valence-electron chi connectivity index (χ1n) is 5.84. The second kappa shape index (κ2) is 6.06. The van der Waals surface area contributed by atoms with Crippen LogP contribution in [0.1, 0.15) is 18.3 Å². The number of ether oxygens (including phenoxy) is 1. The van der Waals surface area contributed by atoms with Crippen molar-refractivity contribution in [3.05, 3.63) is 33.3 Å². The van der Waals surface area contributed by atoms with E-state index in [4.69, 9.17) is 28.6 Å². The summed E-state index contributed by atoms with van der Waals surface area (Å²) in [5.74, 6) is 0.911. The summed E-state index contributed by atoms with van der Waals surface area (Å²) < 4.78 is 6.97. The Morgan fingerprint density at radius 1 is 1.60 bits per heavy atom. The molecule has 6 nitrogen and oxygen atoms in total. The molecule has 2 N–H and O–H groups in total. The number of methoxy groups -OCH3 is 1. The zero-order valence-electron chi connectivity index (χ0n) is 10.9. The van der Waals surface area contributed by atoms with Gasteiger partial charge in [0.05, 0.1) is 18.3 Å². The van der Waals surface area contributed by atoms with E-state index in [9.17, 15) is 5.11 Å². The largest absolute Gasteiger partial charge is 0.503 e. The fourth-order valence-corrected chi connectivity index (χ4v) is 2.04. The average Bonchev–Trinajstić information content (AvgIpc) is 2.80. The Morgan fingerprint density at radius 2 is 2.35 bits per heavy atom. The number of halogens is 1. The number of aromatic amines is 1. The Balaban J connectivity index is 2.39. The van der Waals surface area contributed by atoms with Gasteiger partial charge in [-0.25, -0.2) is 0 Å². The molecule has 8 heteroatoms. The second-order valence-corrected chi connectivity index (χ2v) is 4.70. The van der Waals surface area contributed by atoms with Crippen molar-refractivity contribution in [2.24, 2.45) is 5.10 Å². The molecule has 0 aliphatic rings. The maximum absolute atomic E-state index is 9.66. The number of hydrogen-bond acceptors (Lipinski definition) is 5. The van der Waals surface area contributed by atoms with Crippen LogP contribution in [-0.4, -0.2) is 33.3 Å². The van der Waals surface area contributed by atoms with Gasteiger partial charge in [-0.3, -0.25) is 5.10 Å². The molecule has 0 atom stereocenters. The Morgan fingerprint density at radius 3 is 3.00 bits per heavy atom. The Kier molecular flexibility index (Phi) is 4.41. The molecule has 2 rings (SSSR count). The van der Waals surface area contributed by atoms with E-state index in [-0.39, 0.29) is 16.5 Å². The normalized spacial score (nSPS) is 11.2. The average molecular weight is 313 g/mol. The summed E-state index contributed by atoms with van der Waals surface area (Å²) in [5, 5.41) is 20.8. The van der Waals surface area contributed by atoms with Crippen molar-refractivity contribution >= 4 is 30.0 Å². The summed E-state index contributed by atoms with van der Waals surface area (Å²) in [5.41, 5.74) is 0.676. The van der Waals surface area contributed by atoms with Crippen molar-refractivity contribution in [3.63, 3.8) is 0 Å². The van der Waals surface area contributed by atoms with E-state index in [2.05, 4.69) is 15.3 Å². The molecule has 0 amide bonds. The highest BCUT2D eigenvalue weighted by Gasteiger charge is 2.08. The first-order valence-corrected chi connectivity index (χ1v) is 6.62.